The van der Waals surface area contributed by atoms with Gasteiger partial charge in [-0.25, -0.2) is 0 Å². The standard InChI is InChI=1S/2C7H14/c2*1-6(2)7-4-3-5-7/h2*6-7H,3-5H2,1-2H3. The van der Waals surface area contributed by atoms with Crippen LogP contribution in [0.3, 0.4) is 0 Å². The minimum atomic E-state index is 0.953. The molecule has 0 heteroatoms. The first kappa shape index (κ1) is 12.1. The Morgan fingerprint density at radius 3 is 0.929 bits per heavy atom. The molecule has 2 saturated carbocycles. The van der Waals surface area contributed by atoms with Crippen LogP contribution in [-0.2, 0) is 0 Å². The largest absolute Gasteiger partial charge is 0.0625 e. The van der Waals surface area contributed by atoms with Gasteiger partial charge >= 0.3 is 0 Å². The molecule has 0 atom stereocenters. The highest BCUT2D eigenvalue weighted by atomic mass is 14.3. The zero-order valence-electron chi connectivity index (χ0n) is 10.6. The van der Waals surface area contributed by atoms with Gasteiger partial charge in [-0.15, -0.1) is 0 Å². The molecule has 0 unspecified atom stereocenters. The number of rotatable bonds is 2. The van der Waals surface area contributed by atoms with Crippen molar-refractivity contribution in [3.8, 4) is 0 Å². The Kier molecular flexibility index (Phi) is 4.98. The molecule has 14 heavy (non-hydrogen) atoms. The van der Waals surface area contributed by atoms with Gasteiger partial charge in [-0.2, -0.15) is 0 Å². The molecule has 2 rings (SSSR count). The molecule has 0 aromatic carbocycles. The Hall–Kier alpha value is 0. The predicted molar refractivity (Wildman–Crippen MR) is 64.4 cm³/mol. The Bertz CT molecular complexity index is 120. The summed E-state index contributed by atoms with van der Waals surface area (Å²) in [6, 6.07) is 0. The topological polar surface area (TPSA) is 0 Å². The van der Waals surface area contributed by atoms with E-state index < -0.39 is 0 Å². The van der Waals surface area contributed by atoms with Crippen LogP contribution in [0.1, 0.15) is 66.2 Å². The van der Waals surface area contributed by atoms with Crippen LogP contribution in [0.25, 0.3) is 0 Å². The average Bonchev–Trinajstić information content (AvgIpc) is 1.74. The molecular weight excluding hydrogens is 168 g/mol. The lowest BCUT2D eigenvalue weighted by Gasteiger charge is -2.28. The van der Waals surface area contributed by atoms with E-state index in [1.165, 1.54) is 38.5 Å². The van der Waals surface area contributed by atoms with Crippen LogP contribution in [-0.4, -0.2) is 0 Å². The Morgan fingerprint density at radius 2 is 0.929 bits per heavy atom. The summed E-state index contributed by atoms with van der Waals surface area (Å²) in [7, 11) is 0. The molecule has 0 heterocycles. The number of hydrogen-bond donors (Lipinski definition) is 0. The SMILES string of the molecule is CC(C)C1CCC1.CC(C)C1CCC1. The van der Waals surface area contributed by atoms with Crippen LogP contribution >= 0.6 is 0 Å². The first-order valence-corrected chi connectivity index (χ1v) is 6.61. The summed E-state index contributed by atoms with van der Waals surface area (Å²) < 4.78 is 0. The zero-order valence-corrected chi connectivity index (χ0v) is 10.6. The maximum absolute atomic E-state index is 2.32. The van der Waals surface area contributed by atoms with Crippen LogP contribution in [0.5, 0.6) is 0 Å². The molecule has 0 spiro atoms. The zero-order chi connectivity index (χ0) is 10.6. The van der Waals surface area contributed by atoms with E-state index >= 15 is 0 Å². The molecule has 0 radical (unpaired) electrons. The summed E-state index contributed by atoms with van der Waals surface area (Å²) >= 11 is 0. The minimum Gasteiger partial charge on any atom is -0.0625 e. The van der Waals surface area contributed by atoms with Crippen molar-refractivity contribution in [3.63, 3.8) is 0 Å². The number of hydrogen-bond acceptors (Lipinski definition) is 0. The third-order valence-corrected chi connectivity index (χ3v) is 4.19. The summed E-state index contributed by atoms with van der Waals surface area (Å²) in [6.07, 6.45) is 8.97. The minimum absolute atomic E-state index is 0.953. The van der Waals surface area contributed by atoms with E-state index in [0.29, 0.717) is 0 Å². The van der Waals surface area contributed by atoms with Crippen LogP contribution in [0.2, 0.25) is 0 Å². The van der Waals surface area contributed by atoms with E-state index in [9.17, 15) is 0 Å². The van der Waals surface area contributed by atoms with Gasteiger partial charge in [0.05, 0.1) is 0 Å². The van der Waals surface area contributed by atoms with Gasteiger partial charge in [0.2, 0.25) is 0 Å². The lowest BCUT2D eigenvalue weighted by molar-refractivity contribution is 0.235. The van der Waals surface area contributed by atoms with Gasteiger partial charge in [0.15, 0.2) is 0 Å². The van der Waals surface area contributed by atoms with E-state index in [1.54, 1.807) is 0 Å². The van der Waals surface area contributed by atoms with Crippen LogP contribution in [0, 0.1) is 23.7 Å². The lowest BCUT2D eigenvalue weighted by atomic mass is 9.78. The Labute approximate surface area is 90.5 Å². The normalized spacial score (nSPS) is 22.7. The molecule has 2 aliphatic carbocycles. The van der Waals surface area contributed by atoms with Crippen molar-refractivity contribution in [2.75, 3.05) is 0 Å². The first-order chi connectivity index (χ1) is 6.61. The fraction of sp³-hybridized carbons (Fsp3) is 1.00. The van der Waals surface area contributed by atoms with E-state index in [0.717, 1.165) is 23.7 Å². The molecule has 84 valence electrons. The van der Waals surface area contributed by atoms with E-state index in [-0.39, 0.29) is 0 Å². The highest BCUT2D eigenvalue weighted by Gasteiger charge is 2.20. The third-order valence-electron chi connectivity index (χ3n) is 4.19. The van der Waals surface area contributed by atoms with Gasteiger partial charge in [0.25, 0.3) is 0 Å². The maximum atomic E-state index is 2.32. The first-order valence-electron chi connectivity index (χ1n) is 6.61. The highest BCUT2D eigenvalue weighted by Crippen LogP contribution is 2.33. The van der Waals surface area contributed by atoms with E-state index in [2.05, 4.69) is 27.7 Å². The fourth-order valence-electron chi connectivity index (χ4n) is 2.21. The van der Waals surface area contributed by atoms with Crippen LogP contribution in [0.15, 0.2) is 0 Å². The van der Waals surface area contributed by atoms with Crippen LogP contribution in [0.4, 0.5) is 0 Å². The van der Waals surface area contributed by atoms with Gasteiger partial charge in [0, 0.05) is 0 Å². The molecule has 0 nitrogen and oxygen atoms in total. The second-order valence-electron chi connectivity index (χ2n) is 5.87. The Balaban J connectivity index is 0.000000140. The highest BCUT2D eigenvalue weighted by molar-refractivity contribution is 4.72. The Morgan fingerprint density at radius 1 is 0.643 bits per heavy atom. The van der Waals surface area contributed by atoms with Crippen molar-refractivity contribution in [1.82, 2.24) is 0 Å². The quantitative estimate of drug-likeness (QED) is 0.590. The van der Waals surface area contributed by atoms with Gasteiger partial charge in [-0.3, -0.25) is 0 Å². The molecule has 0 aliphatic heterocycles. The summed E-state index contributed by atoms with van der Waals surface area (Å²) in [5.41, 5.74) is 0. The monoisotopic (exact) mass is 196 g/mol. The van der Waals surface area contributed by atoms with Crippen molar-refractivity contribution >= 4 is 0 Å². The molecule has 0 aromatic rings. The summed E-state index contributed by atoms with van der Waals surface area (Å²) in [5.74, 6) is 4.07. The van der Waals surface area contributed by atoms with Crippen molar-refractivity contribution in [2.45, 2.75) is 66.2 Å². The van der Waals surface area contributed by atoms with Crippen molar-refractivity contribution in [1.29, 1.82) is 0 Å². The summed E-state index contributed by atoms with van der Waals surface area (Å²) in [6.45, 7) is 9.29. The fourth-order valence-corrected chi connectivity index (χ4v) is 2.21. The molecular formula is C14H28. The second kappa shape index (κ2) is 5.78. The van der Waals surface area contributed by atoms with Gasteiger partial charge in [-0.1, -0.05) is 66.2 Å². The molecule has 2 fully saturated rings. The molecule has 0 N–H and O–H groups in total. The molecule has 2 aliphatic rings. The third kappa shape index (κ3) is 3.63. The maximum Gasteiger partial charge on any atom is -0.0391 e. The van der Waals surface area contributed by atoms with Gasteiger partial charge < -0.3 is 0 Å². The predicted octanol–water partition coefficient (Wildman–Crippen LogP) is 4.89. The average molecular weight is 196 g/mol. The van der Waals surface area contributed by atoms with E-state index in [4.69, 9.17) is 0 Å². The van der Waals surface area contributed by atoms with Crippen LogP contribution < -0.4 is 0 Å². The molecule has 0 bridgehead atoms. The summed E-state index contributed by atoms with van der Waals surface area (Å²) in [4.78, 5) is 0. The summed E-state index contributed by atoms with van der Waals surface area (Å²) in [5, 5.41) is 0. The second-order valence-corrected chi connectivity index (χ2v) is 5.87. The molecule has 0 saturated heterocycles. The van der Waals surface area contributed by atoms with Crippen molar-refractivity contribution < 1.29 is 0 Å². The van der Waals surface area contributed by atoms with Crippen molar-refractivity contribution in [2.24, 2.45) is 23.7 Å². The smallest absolute Gasteiger partial charge is 0.0391 e. The molecule has 0 aromatic heterocycles. The molecule has 0 amide bonds. The van der Waals surface area contributed by atoms with Gasteiger partial charge in [-0.05, 0) is 23.7 Å². The lowest BCUT2D eigenvalue weighted by Crippen LogP contribution is -2.16. The van der Waals surface area contributed by atoms with Gasteiger partial charge in [0.1, 0.15) is 0 Å². The van der Waals surface area contributed by atoms with E-state index in [1.807, 2.05) is 0 Å². The van der Waals surface area contributed by atoms with Crippen molar-refractivity contribution in [3.05, 3.63) is 0 Å².